The number of nitrogens with zero attached hydrogens (tertiary/aromatic N) is 2. The van der Waals surface area contributed by atoms with Crippen LogP contribution in [0, 0.1) is 10.1 Å². The Morgan fingerprint density at radius 1 is 1.77 bits per heavy atom. The summed E-state index contributed by atoms with van der Waals surface area (Å²) < 4.78 is -0.431. The van der Waals surface area contributed by atoms with Crippen LogP contribution in [0.3, 0.4) is 0 Å². The van der Waals surface area contributed by atoms with E-state index in [9.17, 15) is 10.1 Å². The highest BCUT2D eigenvalue weighted by Crippen LogP contribution is 2.36. The second kappa shape index (κ2) is 3.75. The minimum Gasteiger partial charge on any atom is -0.258 e. The van der Waals surface area contributed by atoms with Gasteiger partial charge in [-0.25, -0.2) is 4.99 Å². The zero-order valence-electron chi connectivity index (χ0n) is 6.70. The van der Waals surface area contributed by atoms with E-state index in [0.29, 0.717) is 0 Å². The van der Waals surface area contributed by atoms with Crippen LogP contribution in [0.2, 0.25) is 0 Å². The molecule has 0 aromatic heterocycles. The van der Waals surface area contributed by atoms with Gasteiger partial charge in [0.15, 0.2) is 0 Å². The molecule has 6 heteroatoms. The van der Waals surface area contributed by atoms with Crippen LogP contribution in [0.4, 0.5) is 0 Å². The maximum atomic E-state index is 10.4. The van der Waals surface area contributed by atoms with Crippen molar-refractivity contribution in [2.24, 2.45) is 4.99 Å². The second-order valence-electron chi connectivity index (χ2n) is 2.39. The fourth-order valence-corrected chi connectivity index (χ4v) is 1.53. The van der Waals surface area contributed by atoms with Crippen molar-refractivity contribution in [1.29, 1.82) is 0 Å². The SMILES string of the molecule is C/C=C(\C(Cl)=N/C1(I)C=C1)[N+](=O)[O-]. The number of halogens is 2. The van der Waals surface area contributed by atoms with Gasteiger partial charge in [-0.3, -0.25) is 10.1 Å². The van der Waals surface area contributed by atoms with Crippen LogP contribution >= 0.6 is 34.2 Å². The number of rotatable bonds is 3. The van der Waals surface area contributed by atoms with Gasteiger partial charge in [-0.15, -0.1) is 0 Å². The highest BCUT2D eigenvalue weighted by molar-refractivity contribution is 14.1. The van der Waals surface area contributed by atoms with Crippen LogP contribution in [0.5, 0.6) is 0 Å². The van der Waals surface area contributed by atoms with Gasteiger partial charge in [0.1, 0.15) is 3.55 Å². The third-order valence-corrected chi connectivity index (χ3v) is 2.63. The van der Waals surface area contributed by atoms with Crippen LogP contribution in [0.25, 0.3) is 0 Å². The van der Waals surface area contributed by atoms with Crippen LogP contribution in [0.1, 0.15) is 6.92 Å². The maximum absolute atomic E-state index is 10.4. The molecular formula is C7H6ClIN2O2. The molecule has 0 aromatic carbocycles. The first-order chi connectivity index (χ1) is 5.98. The normalized spacial score (nSPS) is 20.2. The first-order valence-electron chi connectivity index (χ1n) is 3.44. The summed E-state index contributed by atoms with van der Waals surface area (Å²) in [5.74, 6) is 0. The maximum Gasteiger partial charge on any atom is 0.301 e. The Morgan fingerprint density at radius 2 is 2.31 bits per heavy atom. The molecule has 0 saturated heterocycles. The van der Waals surface area contributed by atoms with E-state index in [1.807, 2.05) is 34.7 Å². The number of aliphatic imine (C=N–C) groups is 1. The molecule has 13 heavy (non-hydrogen) atoms. The van der Waals surface area contributed by atoms with Crippen molar-refractivity contribution in [1.82, 2.24) is 0 Å². The minimum absolute atomic E-state index is 0.0631. The average molecular weight is 312 g/mol. The fourth-order valence-electron chi connectivity index (χ4n) is 0.651. The number of hydrogen-bond acceptors (Lipinski definition) is 3. The topological polar surface area (TPSA) is 55.5 Å². The highest BCUT2D eigenvalue weighted by Gasteiger charge is 2.31. The van der Waals surface area contributed by atoms with Crippen LogP contribution < -0.4 is 0 Å². The van der Waals surface area contributed by atoms with Crippen molar-refractivity contribution in [3.05, 3.63) is 34.0 Å². The third kappa shape index (κ3) is 2.77. The quantitative estimate of drug-likeness (QED) is 0.153. The van der Waals surface area contributed by atoms with Gasteiger partial charge in [0.2, 0.25) is 5.17 Å². The summed E-state index contributed by atoms with van der Waals surface area (Å²) in [4.78, 5) is 13.8. The van der Waals surface area contributed by atoms with E-state index in [2.05, 4.69) is 4.99 Å². The summed E-state index contributed by atoms with van der Waals surface area (Å²) in [6.45, 7) is 1.55. The molecule has 4 nitrogen and oxygen atoms in total. The lowest BCUT2D eigenvalue weighted by molar-refractivity contribution is -0.414. The summed E-state index contributed by atoms with van der Waals surface area (Å²) in [6, 6.07) is 0. The van der Waals surface area contributed by atoms with Crippen LogP contribution in [-0.2, 0) is 0 Å². The van der Waals surface area contributed by atoms with Crippen molar-refractivity contribution in [3.8, 4) is 0 Å². The molecule has 0 aromatic rings. The molecule has 1 aliphatic rings. The third-order valence-electron chi connectivity index (χ3n) is 1.39. The Hall–Kier alpha value is -0.430. The van der Waals surface area contributed by atoms with Gasteiger partial charge >= 0.3 is 5.70 Å². The van der Waals surface area contributed by atoms with Gasteiger partial charge in [0.25, 0.3) is 0 Å². The summed E-state index contributed by atoms with van der Waals surface area (Å²) >= 11 is 7.71. The van der Waals surface area contributed by atoms with Gasteiger partial charge in [-0.05, 0) is 47.7 Å². The van der Waals surface area contributed by atoms with E-state index in [0.717, 1.165) is 0 Å². The van der Waals surface area contributed by atoms with Gasteiger partial charge in [0, 0.05) is 0 Å². The lowest BCUT2D eigenvalue weighted by Crippen LogP contribution is -2.09. The smallest absolute Gasteiger partial charge is 0.258 e. The van der Waals surface area contributed by atoms with E-state index < -0.39 is 8.47 Å². The monoisotopic (exact) mass is 312 g/mol. The Kier molecular flexibility index (Phi) is 3.07. The Labute approximate surface area is 93.7 Å². The molecule has 0 heterocycles. The molecule has 0 fully saturated rings. The number of alkyl halides is 1. The molecule has 0 N–H and O–H groups in total. The highest BCUT2D eigenvalue weighted by atomic mass is 127. The van der Waals surface area contributed by atoms with Gasteiger partial charge in [-0.1, -0.05) is 11.6 Å². The number of nitro groups is 1. The van der Waals surface area contributed by atoms with Crippen molar-refractivity contribution < 1.29 is 4.92 Å². The molecule has 0 amide bonds. The molecule has 0 atom stereocenters. The van der Waals surface area contributed by atoms with E-state index in [1.54, 1.807) is 6.92 Å². The predicted molar refractivity (Wildman–Crippen MR) is 59.9 cm³/mol. The molecule has 0 spiro atoms. The number of hydrogen-bond donors (Lipinski definition) is 0. The first kappa shape index (κ1) is 10.6. The molecule has 70 valence electrons. The lowest BCUT2D eigenvalue weighted by atomic mass is 10.4. The molecule has 0 unspecified atom stereocenters. The second-order valence-corrected chi connectivity index (χ2v) is 4.48. The lowest BCUT2D eigenvalue weighted by Gasteiger charge is -2.00. The number of allylic oxidation sites excluding steroid dienone is 2. The van der Waals surface area contributed by atoms with Crippen molar-refractivity contribution in [3.63, 3.8) is 0 Å². The Balaban J connectivity index is 2.82. The van der Waals surface area contributed by atoms with E-state index >= 15 is 0 Å². The van der Waals surface area contributed by atoms with Crippen molar-refractivity contribution in [2.45, 2.75) is 10.5 Å². The van der Waals surface area contributed by atoms with Crippen molar-refractivity contribution in [2.75, 3.05) is 0 Å². The Bertz CT molecular complexity index is 329. The molecule has 0 radical (unpaired) electrons. The average Bonchev–Trinajstić information content (AvgIpc) is 2.67. The Morgan fingerprint density at radius 3 is 2.62 bits per heavy atom. The van der Waals surface area contributed by atoms with Gasteiger partial charge in [0.05, 0.1) is 4.92 Å². The van der Waals surface area contributed by atoms with Gasteiger partial charge < -0.3 is 0 Å². The fraction of sp³-hybridized carbons (Fsp3) is 0.286. The predicted octanol–water partition coefficient (Wildman–Crippen LogP) is 2.51. The molecule has 1 aliphatic carbocycles. The summed E-state index contributed by atoms with van der Waals surface area (Å²) in [6.07, 6.45) is 4.94. The van der Waals surface area contributed by atoms with E-state index in [1.165, 1.54) is 6.08 Å². The molecular weight excluding hydrogens is 306 g/mol. The summed E-state index contributed by atoms with van der Waals surface area (Å²) in [7, 11) is 0. The largest absolute Gasteiger partial charge is 0.301 e. The molecule has 1 rings (SSSR count). The molecule has 0 bridgehead atoms. The zero-order chi connectivity index (χ0) is 10.1. The standard InChI is InChI=1S/C7H6ClIN2O2/c1-2-5(11(12)13)6(8)10-7(9)3-4-7/h2-4H,1H3/b5-2+,10-6+. The van der Waals surface area contributed by atoms with E-state index in [4.69, 9.17) is 11.6 Å². The van der Waals surface area contributed by atoms with Gasteiger partial charge in [-0.2, -0.15) is 0 Å². The molecule has 0 aliphatic heterocycles. The summed E-state index contributed by atoms with van der Waals surface area (Å²) in [5.41, 5.74) is -0.161. The first-order valence-corrected chi connectivity index (χ1v) is 4.90. The van der Waals surface area contributed by atoms with E-state index in [-0.39, 0.29) is 10.9 Å². The minimum atomic E-state index is -0.547. The van der Waals surface area contributed by atoms with Crippen LogP contribution in [0.15, 0.2) is 28.9 Å². The zero-order valence-corrected chi connectivity index (χ0v) is 9.61. The van der Waals surface area contributed by atoms with Crippen LogP contribution in [-0.4, -0.2) is 13.6 Å². The van der Waals surface area contributed by atoms with Crippen molar-refractivity contribution >= 4 is 39.4 Å². The molecule has 0 saturated carbocycles. The summed E-state index contributed by atoms with van der Waals surface area (Å²) in [5, 5.41) is 10.4.